The van der Waals surface area contributed by atoms with Gasteiger partial charge >= 0.3 is 0 Å². The Morgan fingerprint density at radius 3 is 1.96 bits per heavy atom. The normalized spacial score (nSPS) is 15.2. The molecule has 0 amide bonds. The van der Waals surface area contributed by atoms with Crippen molar-refractivity contribution in [1.29, 1.82) is 0 Å². The lowest BCUT2D eigenvalue weighted by Crippen LogP contribution is -2.30. The van der Waals surface area contributed by atoms with Gasteiger partial charge in [-0.1, -0.05) is 58.0 Å². The number of aromatic nitrogens is 2. The molecule has 0 radical (unpaired) electrons. The molecule has 2 rings (SSSR count). The van der Waals surface area contributed by atoms with Gasteiger partial charge in [0.05, 0.1) is 28.4 Å². The maximum Gasteiger partial charge on any atom is 0.0949 e. The molecule has 0 spiro atoms. The highest BCUT2D eigenvalue weighted by molar-refractivity contribution is 5.30. The maximum atomic E-state index is 11.2. The third kappa shape index (κ3) is 3.45. The van der Waals surface area contributed by atoms with E-state index in [0.717, 1.165) is 47.6 Å². The Morgan fingerprint density at radius 1 is 0.913 bits per heavy atom. The van der Waals surface area contributed by atoms with Gasteiger partial charge in [-0.05, 0) is 31.7 Å². The predicted molar refractivity (Wildman–Crippen MR) is 94.6 cm³/mol. The van der Waals surface area contributed by atoms with E-state index in [1.807, 2.05) is 44.2 Å². The summed E-state index contributed by atoms with van der Waals surface area (Å²) in [5.74, 6) is -0.122. The Balaban J connectivity index is 2.51. The zero-order chi connectivity index (χ0) is 17.0. The molecule has 23 heavy (non-hydrogen) atoms. The largest absolute Gasteiger partial charge is 0.385 e. The van der Waals surface area contributed by atoms with Gasteiger partial charge in [0, 0.05) is 5.92 Å². The van der Waals surface area contributed by atoms with Gasteiger partial charge in [0.1, 0.15) is 0 Å². The van der Waals surface area contributed by atoms with Crippen molar-refractivity contribution in [1.82, 2.24) is 9.97 Å². The van der Waals surface area contributed by atoms with Gasteiger partial charge in [-0.3, -0.25) is 9.97 Å². The molecular formula is C20H28N2O. The van der Waals surface area contributed by atoms with E-state index in [9.17, 15) is 5.11 Å². The second-order valence-electron chi connectivity index (χ2n) is 6.24. The van der Waals surface area contributed by atoms with E-state index in [-0.39, 0.29) is 5.92 Å². The minimum Gasteiger partial charge on any atom is -0.385 e. The van der Waals surface area contributed by atoms with Crippen LogP contribution >= 0.6 is 0 Å². The number of hydrogen-bond donors (Lipinski definition) is 1. The van der Waals surface area contributed by atoms with Crippen LogP contribution in [0.2, 0.25) is 0 Å². The number of nitrogens with zero attached hydrogens (tertiary/aromatic N) is 2. The Kier molecular flexibility index (Phi) is 5.53. The molecule has 3 nitrogen and oxygen atoms in total. The minimum absolute atomic E-state index is 0.122. The van der Waals surface area contributed by atoms with Crippen LogP contribution in [0.4, 0.5) is 0 Å². The molecule has 2 aromatic rings. The average molecular weight is 312 g/mol. The summed E-state index contributed by atoms with van der Waals surface area (Å²) in [5, 5.41) is 11.2. The topological polar surface area (TPSA) is 46.0 Å². The van der Waals surface area contributed by atoms with Gasteiger partial charge in [0.2, 0.25) is 0 Å². The third-order valence-corrected chi connectivity index (χ3v) is 4.77. The van der Waals surface area contributed by atoms with Crippen LogP contribution < -0.4 is 0 Å². The van der Waals surface area contributed by atoms with E-state index in [1.54, 1.807) is 0 Å². The molecule has 0 aliphatic heterocycles. The Bertz CT molecular complexity index is 650. The molecule has 1 heterocycles. The maximum absolute atomic E-state index is 11.2. The number of benzene rings is 1. The van der Waals surface area contributed by atoms with Crippen LogP contribution in [-0.4, -0.2) is 15.1 Å². The average Bonchev–Trinajstić information content (AvgIpc) is 2.60. The second-order valence-corrected chi connectivity index (χ2v) is 6.24. The van der Waals surface area contributed by atoms with Crippen molar-refractivity contribution in [3.63, 3.8) is 0 Å². The van der Waals surface area contributed by atoms with Crippen LogP contribution in [0.25, 0.3) is 0 Å². The molecule has 1 aromatic carbocycles. The standard InChI is InChI=1S/C20H28N2O/c1-6-16-17(7-2)22-19(18(8-3)21-16)14(4)20(5,23)15-12-10-9-11-13-15/h9-14,23H,6-8H2,1-5H3. The zero-order valence-corrected chi connectivity index (χ0v) is 14.9. The minimum atomic E-state index is -0.974. The van der Waals surface area contributed by atoms with E-state index in [0.29, 0.717) is 0 Å². The van der Waals surface area contributed by atoms with Gasteiger partial charge in [-0.25, -0.2) is 0 Å². The van der Waals surface area contributed by atoms with Crippen molar-refractivity contribution in [3.8, 4) is 0 Å². The first kappa shape index (κ1) is 17.6. The van der Waals surface area contributed by atoms with Gasteiger partial charge in [-0.2, -0.15) is 0 Å². The first-order valence-electron chi connectivity index (χ1n) is 8.62. The summed E-state index contributed by atoms with van der Waals surface area (Å²) < 4.78 is 0. The zero-order valence-electron chi connectivity index (χ0n) is 14.9. The summed E-state index contributed by atoms with van der Waals surface area (Å²) in [7, 11) is 0. The fourth-order valence-electron chi connectivity index (χ4n) is 3.02. The molecule has 0 fully saturated rings. The fraction of sp³-hybridized carbons (Fsp3) is 0.500. The Hall–Kier alpha value is -1.74. The summed E-state index contributed by atoms with van der Waals surface area (Å²) in [6.45, 7) is 10.2. The molecular weight excluding hydrogens is 284 g/mol. The van der Waals surface area contributed by atoms with Crippen LogP contribution in [0, 0.1) is 0 Å². The molecule has 2 unspecified atom stereocenters. The molecule has 0 saturated carbocycles. The number of rotatable bonds is 6. The van der Waals surface area contributed by atoms with Crippen molar-refractivity contribution in [2.24, 2.45) is 0 Å². The monoisotopic (exact) mass is 312 g/mol. The molecule has 1 aromatic heterocycles. The lowest BCUT2D eigenvalue weighted by molar-refractivity contribution is 0.0305. The van der Waals surface area contributed by atoms with Crippen LogP contribution in [0.15, 0.2) is 30.3 Å². The molecule has 3 heteroatoms. The summed E-state index contributed by atoms with van der Waals surface area (Å²) >= 11 is 0. The summed E-state index contributed by atoms with van der Waals surface area (Å²) in [6, 6.07) is 9.82. The van der Waals surface area contributed by atoms with E-state index in [2.05, 4.69) is 20.8 Å². The van der Waals surface area contributed by atoms with E-state index in [4.69, 9.17) is 9.97 Å². The first-order chi connectivity index (χ1) is 11.0. The highest BCUT2D eigenvalue weighted by atomic mass is 16.3. The predicted octanol–water partition coefficient (Wildman–Crippen LogP) is 4.18. The van der Waals surface area contributed by atoms with Crippen molar-refractivity contribution in [2.45, 2.75) is 65.4 Å². The second kappa shape index (κ2) is 7.22. The highest BCUT2D eigenvalue weighted by Gasteiger charge is 2.34. The van der Waals surface area contributed by atoms with Crippen LogP contribution in [0.5, 0.6) is 0 Å². The van der Waals surface area contributed by atoms with Crippen LogP contribution in [0.1, 0.15) is 68.9 Å². The number of aliphatic hydroxyl groups is 1. The van der Waals surface area contributed by atoms with Crippen LogP contribution in [0.3, 0.4) is 0 Å². The van der Waals surface area contributed by atoms with E-state index < -0.39 is 5.60 Å². The Morgan fingerprint density at radius 2 is 1.43 bits per heavy atom. The third-order valence-electron chi connectivity index (χ3n) is 4.77. The molecule has 0 saturated heterocycles. The lowest BCUT2D eigenvalue weighted by atomic mass is 9.81. The fourth-order valence-corrected chi connectivity index (χ4v) is 3.02. The molecule has 1 N–H and O–H groups in total. The number of hydrogen-bond acceptors (Lipinski definition) is 3. The first-order valence-corrected chi connectivity index (χ1v) is 8.62. The lowest BCUT2D eigenvalue weighted by Gasteiger charge is -2.32. The molecule has 2 atom stereocenters. The van der Waals surface area contributed by atoms with Gasteiger partial charge in [0.15, 0.2) is 0 Å². The van der Waals surface area contributed by atoms with Gasteiger partial charge < -0.3 is 5.11 Å². The van der Waals surface area contributed by atoms with Crippen molar-refractivity contribution < 1.29 is 5.11 Å². The summed E-state index contributed by atoms with van der Waals surface area (Å²) in [6.07, 6.45) is 2.59. The smallest absolute Gasteiger partial charge is 0.0949 e. The SMILES string of the molecule is CCc1nc(CC)c(C(C)C(C)(O)c2ccccc2)nc1CC. The van der Waals surface area contributed by atoms with Gasteiger partial charge in [-0.15, -0.1) is 0 Å². The van der Waals surface area contributed by atoms with E-state index in [1.165, 1.54) is 0 Å². The van der Waals surface area contributed by atoms with Crippen molar-refractivity contribution in [3.05, 3.63) is 58.7 Å². The van der Waals surface area contributed by atoms with Crippen molar-refractivity contribution in [2.75, 3.05) is 0 Å². The quantitative estimate of drug-likeness (QED) is 0.870. The van der Waals surface area contributed by atoms with Crippen LogP contribution in [-0.2, 0) is 24.9 Å². The summed E-state index contributed by atoms with van der Waals surface area (Å²) in [5.41, 5.74) is 4.00. The molecule has 0 aliphatic carbocycles. The molecule has 0 aliphatic rings. The van der Waals surface area contributed by atoms with E-state index >= 15 is 0 Å². The van der Waals surface area contributed by atoms with Crippen molar-refractivity contribution >= 4 is 0 Å². The Labute approximate surface area is 139 Å². The molecule has 124 valence electrons. The number of aryl methyl sites for hydroxylation is 3. The van der Waals surface area contributed by atoms with Gasteiger partial charge in [0.25, 0.3) is 0 Å². The highest BCUT2D eigenvalue weighted by Crippen LogP contribution is 2.37. The summed E-state index contributed by atoms with van der Waals surface area (Å²) in [4.78, 5) is 9.74. The molecule has 0 bridgehead atoms.